The van der Waals surface area contributed by atoms with E-state index in [1.54, 1.807) is 14.2 Å². The summed E-state index contributed by atoms with van der Waals surface area (Å²) >= 11 is 0. The Morgan fingerprint density at radius 1 is 1.22 bits per heavy atom. The standard InChI is InChI=1S/C15H23NO2/c1-10-8-14(17-2)15(18-3)9-13(10)12(6-7-16)11-4-5-11/h8-9,11-12H,4-7,16H2,1-3H3. The third kappa shape index (κ3) is 2.61. The third-order valence-electron chi connectivity index (χ3n) is 3.84. The summed E-state index contributed by atoms with van der Waals surface area (Å²) in [6.07, 6.45) is 3.72. The molecule has 2 N–H and O–H groups in total. The second kappa shape index (κ2) is 5.61. The first-order chi connectivity index (χ1) is 8.71. The van der Waals surface area contributed by atoms with Crippen molar-refractivity contribution in [2.75, 3.05) is 20.8 Å². The molecule has 0 amide bonds. The van der Waals surface area contributed by atoms with Gasteiger partial charge in [0.15, 0.2) is 11.5 Å². The minimum atomic E-state index is 0.579. The number of hydrogen-bond acceptors (Lipinski definition) is 3. The summed E-state index contributed by atoms with van der Waals surface area (Å²) in [6, 6.07) is 4.20. The molecule has 0 radical (unpaired) electrons. The molecule has 1 aromatic rings. The van der Waals surface area contributed by atoms with E-state index in [2.05, 4.69) is 19.1 Å². The lowest BCUT2D eigenvalue weighted by molar-refractivity contribution is 0.353. The van der Waals surface area contributed by atoms with Gasteiger partial charge in [-0.25, -0.2) is 0 Å². The molecule has 1 atom stereocenters. The van der Waals surface area contributed by atoms with E-state index in [0.29, 0.717) is 5.92 Å². The Bertz CT molecular complexity index is 413. The summed E-state index contributed by atoms with van der Waals surface area (Å²) in [5.74, 6) is 3.02. The molecular formula is C15H23NO2. The van der Waals surface area contributed by atoms with Crippen LogP contribution in [0.3, 0.4) is 0 Å². The molecule has 0 heterocycles. The molecular weight excluding hydrogens is 226 g/mol. The van der Waals surface area contributed by atoms with Crippen molar-refractivity contribution in [3.05, 3.63) is 23.3 Å². The predicted octanol–water partition coefficient (Wildman–Crippen LogP) is 2.85. The van der Waals surface area contributed by atoms with Crippen LogP contribution in [-0.2, 0) is 0 Å². The van der Waals surface area contributed by atoms with Gasteiger partial charge in [0, 0.05) is 0 Å². The van der Waals surface area contributed by atoms with E-state index in [4.69, 9.17) is 15.2 Å². The van der Waals surface area contributed by atoms with Gasteiger partial charge in [-0.1, -0.05) is 0 Å². The highest BCUT2D eigenvalue weighted by atomic mass is 16.5. The average Bonchev–Trinajstić information content (AvgIpc) is 3.20. The van der Waals surface area contributed by atoms with Crippen molar-refractivity contribution in [3.8, 4) is 11.5 Å². The van der Waals surface area contributed by atoms with Gasteiger partial charge in [0.2, 0.25) is 0 Å². The number of nitrogens with two attached hydrogens (primary N) is 1. The second-order valence-corrected chi connectivity index (χ2v) is 5.09. The van der Waals surface area contributed by atoms with Crippen molar-refractivity contribution in [2.24, 2.45) is 11.7 Å². The van der Waals surface area contributed by atoms with E-state index in [-0.39, 0.29) is 0 Å². The van der Waals surface area contributed by atoms with Gasteiger partial charge in [0.25, 0.3) is 0 Å². The summed E-state index contributed by atoms with van der Waals surface area (Å²) in [7, 11) is 3.36. The fourth-order valence-electron chi connectivity index (χ4n) is 2.72. The Morgan fingerprint density at radius 2 is 1.83 bits per heavy atom. The maximum Gasteiger partial charge on any atom is 0.161 e. The van der Waals surface area contributed by atoms with Gasteiger partial charge in [0.05, 0.1) is 14.2 Å². The molecule has 0 aliphatic heterocycles. The Morgan fingerprint density at radius 3 is 2.33 bits per heavy atom. The first-order valence-corrected chi connectivity index (χ1v) is 6.63. The smallest absolute Gasteiger partial charge is 0.161 e. The number of methoxy groups -OCH3 is 2. The molecule has 0 spiro atoms. The van der Waals surface area contributed by atoms with Crippen molar-refractivity contribution in [3.63, 3.8) is 0 Å². The minimum absolute atomic E-state index is 0.579. The van der Waals surface area contributed by atoms with Crippen LogP contribution in [0.15, 0.2) is 12.1 Å². The Kier molecular flexibility index (Phi) is 4.12. The number of hydrogen-bond donors (Lipinski definition) is 1. The second-order valence-electron chi connectivity index (χ2n) is 5.09. The molecule has 1 aliphatic rings. The van der Waals surface area contributed by atoms with Crippen LogP contribution in [0.25, 0.3) is 0 Å². The third-order valence-corrected chi connectivity index (χ3v) is 3.84. The van der Waals surface area contributed by atoms with Crippen LogP contribution in [0.4, 0.5) is 0 Å². The molecule has 0 bridgehead atoms. The van der Waals surface area contributed by atoms with Crippen molar-refractivity contribution >= 4 is 0 Å². The number of ether oxygens (including phenoxy) is 2. The molecule has 1 saturated carbocycles. The molecule has 0 saturated heterocycles. The van der Waals surface area contributed by atoms with Gasteiger partial charge in [0.1, 0.15) is 0 Å². The van der Waals surface area contributed by atoms with E-state index in [9.17, 15) is 0 Å². The lowest BCUT2D eigenvalue weighted by Gasteiger charge is -2.20. The van der Waals surface area contributed by atoms with Gasteiger partial charge in [-0.05, 0) is 67.8 Å². The fraction of sp³-hybridized carbons (Fsp3) is 0.600. The highest BCUT2D eigenvalue weighted by molar-refractivity contribution is 5.48. The molecule has 1 unspecified atom stereocenters. The summed E-state index contributed by atoms with van der Waals surface area (Å²) in [6.45, 7) is 2.89. The summed E-state index contributed by atoms with van der Waals surface area (Å²) in [5, 5.41) is 0. The van der Waals surface area contributed by atoms with Gasteiger partial charge in [-0.2, -0.15) is 0 Å². The SMILES string of the molecule is COc1cc(C)c(C(CCN)C2CC2)cc1OC. The Balaban J connectivity index is 2.35. The first-order valence-electron chi connectivity index (χ1n) is 6.63. The normalized spacial score (nSPS) is 16.4. The van der Waals surface area contributed by atoms with E-state index < -0.39 is 0 Å². The zero-order valence-corrected chi connectivity index (χ0v) is 11.5. The van der Waals surface area contributed by atoms with Gasteiger partial charge in [-0.15, -0.1) is 0 Å². The van der Waals surface area contributed by atoms with Crippen LogP contribution in [-0.4, -0.2) is 20.8 Å². The summed E-state index contributed by atoms with van der Waals surface area (Å²) < 4.78 is 10.7. The number of aryl methyl sites for hydroxylation is 1. The topological polar surface area (TPSA) is 44.5 Å². The number of benzene rings is 1. The predicted molar refractivity (Wildman–Crippen MR) is 73.4 cm³/mol. The monoisotopic (exact) mass is 249 g/mol. The van der Waals surface area contributed by atoms with Crippen LogP contribution in [0.1, 0.15) is 36.3 Å². The van der Waals surface area contributed by atoms with Crippen molar-refractivity contribution in [1.82, 2.24) is 0 Å². The van der Waals surface area contributed by atoms with E-state index >= 15 is 0 Å². The van der Waals surface area contributed by atoms with E-state index in [1.807, 2.05) is 0 Å². The summed E-state index contributed by atoms with van der Waals surface area (Å²) in [5.41, 5.74) is 8.40. The van der Waals surface area contributed by atoms with Gasteiger partial charge >= 0.3 is 0 Å². The fourth-order valence-corrected chi connectivity index (χ4v) is 2.72. The van der Waals surface area contributed by atoms with Gasteiger partial charge in [-0.3, -0.25) is 0 Å². The zero-order chi connectivity index (χ0) is 13.1. The van der Waals surface area contributed by atoms with Crippen LogP contribution >= 0.6 is 0 Å². The van der Waals surface area contributed by atoms with E-state index in [0.717, 1.165) is 30.4 Å². The lowest BCUT2D eigenvalue weighted by atomic mass is 9.87. The molecule has 18 heavy (non-hydrogen) atoms. The largest absolute Gasteiger partial charge is 0.493 e. The quantitative estimate of drug-likeness (QED) is 0.843. The van der Waals surface area contributed by atoms with Crippen LogP contribution in [0, 0.1) is 12.8 Å². The van der Waals surface area contributed by atoms with Crippen LogP contribution in [0.5, 0.6) is 11.5 Å². The molecule has 0 aromatic heterocycles. The highest BCUT2D eigenvalue weighted by Gasteiger charge is 2.33. The molecule has 100 valence electrons. The lowest BCUT2D eigenvalue weighted by Crippen LogP contribution is -2.11. The highest BCUT2D eigenvalue weighted by Crippen LogP contribution is 2.46. The Labute approximate surface area is 109 Å². The van der Waals surface area contributed by atoms with Gasteiger partial charge < -0.3 is 15.2 Å². The van der Waals surface area contributed by atoms with Crippen molar-refractivity contribution in [2.45, 2.75) is 32.1 Å². The molecule has 1 fully saturated rings. The molecule has 1 aliphatic carbocycles. The zero-order valence-electron chi connectivity index (χ0n) is 11.5. The molecule has 3 heteroatoms. The van der Waals surface area contributed by atoms with Crippen molar-refractivity contribution < 1.29 is 9.47 Å². The molecule has 3 nitrogen and oxygen atoms in total. The minimum Gasteiger partial charge on any atom is -0.493 e. The maximum atomic E-state index is 5.75. The Hall–Kier alpha value is -1.22. The number of rotatable bonds is 6. The molecule has 2 rings (SSSR count). The van der Waals surface area contributed by atoms with Crippen molar-refractivity contribution in [1.29, 1.82) is 0 Å². The molecule has 1 aromatic carbocycles. The first kappa shape index (κ1) is 13.2. The summed E-state index contributed by atoms with van der Waals surface area (Å²) in [4.78, 5) is 0. The maximum absolute atomic E-state index is 5.75. The van der Waals surface area contributed by atoms with Crippen LogP contribution in [0.2, 0.25) is 0 Å². The average molecular weight is 249 g/mol. The van der Waals surface area contributed by atoms with Crippen LogP contribution < -0.4 is 15.2 Å². The van der Waals surface area contributed by atoms with E-state index in [1.165, 1.54) is 24.0 Å².